The molecule has 1 fully saturated rings. The van der Waals surface area contributed by atoms with Crippen LogP contribution >= 0.6 is 0 Å². The molecule has 0 unspecified atom stereocenters. The number of hydrogen-bond acceptors (Lipinski definition) is 3. The zero-order valence-corrected chi connectivity index (χ0v) is 11.5. The number of rotatable bonds is 5. The Balaban J connectivity index is 2.44. The minimum atomic E-state index is -0.606. The molecule has 0 atom stereocenters. The lowest BCUT2D eigenvalue weighted by atomic mass is 9.97. The first-order chi connectivity index (χ1) is 8.75. The molecule has 1 aromatic carbocycles. The Morgan fingerprint density at radius 2 is 1.94 bits per heavy atom. The van der Waals surface area contributed by atoms with Crippen molar-refractivity contribution < 1.29 is 14.2 Å². The Labute approximate surface area is 109 Å². The van der Waals surface area contributed by atoms with Crippen molar-refractivity contribution in [3.05, 3.63) is 29.3 Å². The molecule has 0 aliphatic carbocycles. The molecule has 0 N–H and O–H groups in total. The highest BCUT2D eigenvalue weighted by molar-refractivity contribution is 5.40. The van der Waals surface area contributed by atoms with Crippen molar-refractivity contribution in [2.24, 2.45) is 0 Å². The zero-order chi connectivity index (χ0) is 13.0. The van der Waals surface area contributed by atoms with Crippen LogP contribution in [0.5, 0.6) is 5.75 Å². The van der Waals surface area contributed by atoms with Gasteiger partial charge in [-0.05, 0) is 24.1 Å². The molecule has 1 saturated heterocycles. The molecule has 100 valence electrons. The van der Waals surface area contributed by atoms with E-state index in [4.69, 9.17) is 14.2 Å². The monoisotopic (exact) mass is 250 g/mol. The summed E-state index contributed by atoms with van der Waals surface area (Å²) in [6.45, 7) is 5.59. The predicted octanol–water partition coefficient (Wildman–Crippen LogP) is 3.26. The predicted molar refractivity (Wildman–Crippen MR) is 70.9 cm³/mol. The number of aryl methyl sites for hydroxylation is 1. The van der Waals surface area contributed by atoms with E-state index in [-0.39, 0.29) is 0 Å². The molecule has 0 bridgehead atoms. The van der Waals surface area contributed by atoms with E-state index in [0.29, 0.717) is 13.2 Å². The van der Waals surface area contributed by atoms with Gasteiger partial charge in [0.05, 0.1) is 25.9 Å². The van der Waals surface area contributed by atoms with Crippen molar-refractivity contribution in [2.45, 2.75) is 38.9 Å². The van der Waals surface area contributed by atoms with Crippen LogP contribution < -0.4 is 4.74 Å². The molecular weight excluding hydrogens is 228 g/mol. The van der Waals surface area contributed by atoms with Crippen molar-refractivity contribution in [1.82, 2.24) is 0 Å². The summed E-state index contributed by atoms with van der Waals surface area (Å²) >= 11 is 0. The third-order valence-corrected chi connectivity index (χ3v) is 3.42. The molecule has 18 heavy (non-hydrogen) atoms. The molecule has 1 aliphatic heterocycles. The molecule has 1 heterocycles. The molecule has 0 saturated carbocycles. The minimum absolute atomic E-state index is 0.606. The summed E-state index contributed by atoms with van der Waals surface area (Å²) in [6.07, 6.45) is 2.87. The smallest absolute Gasteiger partial charge is 0.198 e. The van der Waals surface area contributed by atoms with Crippen molar-refractivity contribution in [3.8, 4) is 5.75 Å². The van der Waals surface area contributed by atoms with Crippen molar-refractivity contribution in [3.63, 3.8) is 0 Å². The number of benzene rings is 1. The molecule has 0 spiro atoms. The van der Waals surface area contributed by atoms with Crippen LogP contribution in [0.2, 0.25) is 0 Å². The van der Waals surface area contributed by atoms with Gasteiger partial charge in [0, 0.05) is 6.42 Å². The maximum Gasteiger partial charge on any atom is 0.198 e. The van der Waals surface area contributed by atoms with Gasteiger partial charge in [-0.1, -0.05) is 26.3 Å². The first kappa shape index (κ1) is 13.4. The van der Waals surface area contributed by atoms with Gasteiger partial charge < -0.3 is 14.2 Å². The van der Waals surface area contributed by atoms with Gasteiger partial charge in [-0.15, -0.1) is 0 Å². The summed E-state index contributed by atoms with van der Waals surface area (Å²) in [5, 5.41) is 0. The summed E-state index contributed by atoms with van der Waals surface area (Å²) < 4.78 is 17.3. The highest BCUT2D eigenvalue weighted by atomic mass is 16.7. The standard InChI is InChI=1S/C15H22O3/c1-4-8-15(17-9-10-18-15)13-11-12(5-2)6-7-14(13)16-3/h6-7,11H,4-5,8-10H2,1-3H3. The summed E-state index contributed by atoms with van der Waals surface area (Å²) in [7, 11) is 1.69. The normalized spacial score (nSPS) is 17.9. The second-order valence-corrected chi connectivity index (χ2v) is 4.59. The van der Waals surface area contributed by atoms with E-state index in [1.807, 2.05) is 6.07 Å². The summed E-state index contributed by atoms with van der Waals surface area (Å²) in [5.41, 5.74) is 2.31. The van der Waals surface area contributed by atoms with Gasteiger partial charge in [0.15, 0.2) is 5.79 Å². The van der Waals surface area contributed by atoms with Gasteiger partial charge in [0.2, 0.25) is 0 Å². The van der Waals surface area contributed by atoms with Gasteiger partial charge in [-0.3, -0.25) is 0 Å². The maximum absolute atomic E-state index is 5.91. The van der Waals surface area contributed by atoms with E-state index < -0.39 is 5.79 Å². The quantitative estimate of drug-likeness (QED) is 0.802. The van der Waals surface area contributed by atoms with Crippen LogP contribution in [0.15, 0.2) is 18.2 Å². The molecule has 1 aliphatic rings. The molecule has 0 aromatic heterocycles. The van der Waals surface area contributed by atoms with Crippen molar-refractivity contribution in [2.75, 3.05) is 20.3 Å². The Kier molecular flexibility index (Phi) is 4.25. The van der Waals surface area contributed by atoms with E-state index in [1.165, 1.54) is 5.56 Å². The van der Waals surface area contributed by atoms with E-state index in [9.17, 15) is 0 Å². The third kappa shape index (κ3) is 2.38. The van der Waals surface area contributed by atoms with Crippen molar-refractivity contribution >= 4 is 0 Å². The Hall–Kier alpha value is -1.06. The van der Waals surface area contributed by atoms with Gasteiger partial charge in [-0.2, -0.15) is 0 Å². The average Bonchev–Trinajstić information content (AvgIpc) is 2.88. The van der Waals surface area contributed by atoms with E-state index in [2.05, 4.69) is 26.0 Å². The fourth-order valence-electron chi connectivity index (χ4n) is 2.49. The van der Waals surface area contributed by atoms with Crippen LogP contribution in [0.3, 0.4) is 0 Å². The van der Waals surface area contributed by atoms with Gasteiger partial charge in [0.25, 0.3) is 0 Å². The molecule has 2 rings (SSSR count). The molecule has 3 nitrogen and oxygen atoms in total. The highest BCUT2D eigenvalue weighted by Gasteiger charge is 2.40. The van der Waals surface area contributed by atoms with Crippen molar-refractivity contribution in [1.29, 1.82) is 0 Å². The van der Waals surface area contributed by atoms with Gasteiger partial charge >= 0.3 is 0 Å². The molecule has 3 heteroatoms. The Bertz CT molecular complexity index is 395. The second-order valence-electron chi connectivity index (χ2n) is 4.59. The van der Waals surface area contributed by atoms with Crippen LogP contribution in [0.4, 0.5) is 0 Å². The topological polar surface area (TPSA) is 27.7 Å². The zero-order valence-electron chi connectivity index (χ0n) is 11.5. The number of ether oxygens (including phenoxy) is 3. The first-order valence-corrected chi connectivity index (χ1v) is 6.71. The number of methoxy groups -OCH3 is 1. The molecule has 1 aromatic rings. The summed E-state index contributed by atoms with van der Waals surface area (Å²) in [6, 6.07) is 6.26. The third-order valence-electron chi connectivity index (χ3n) is 3.42. The fourth-order valence-corrected chi connectivity index (χ4v) is 2.49. The molecular formula is C15H22O3. The fraction of sp³-hybridized carbons (Fsp3) is 0.600. The van der Waals surface area contributed by atoms with E-state index in [1.54, 1.807) is 7.11 Å². The maximum atomic E-state index is 5.91. The SMILES string of the molecule is CCCC1(c2cc(CC)ccc2OC)OCCO1. The highest BCUT2D eigenvalue weighted by Crippen LogP contribution is 2.41. The van der Waals surface area contributed by atoms with Crippen LogP contribution in [-0.2, 0) is 21.7 Å². The van der Waals surface area contributed by atoms with E-state index >= 15 is 0 Å². The first-order valence-electron chi connectivity index (χ1n) is 6.71. The van der Waals surface area contributed by atoms with Gasteiger partial charge in [0.1, 0.15) is 5.75 Å². The summed E-state index contributed by atoms with van der Waals surface area (Å²) in [4.78, 5) is 0. The van der Waals surface area contributed by atoms with Gasteiger partial charge in [-0.25, -0.2) is 0 Å². The number of hydrogen-bond donors (Lipinski definition) is 0. The second kappa shape index (κ2) is 5.72. The lowest BCUT2D eigenvalue weighted by Crippen LogP contribution is -2.27. The summed E-state index contributed by atoms with van der Waals surface area (Å²) in [5.74, 6) is 0.244. The van der Waals surface area contributed by atoms with Crippen LogP contribution in [-0.4, -0.2) is 20.3 Å². The largest absolute Gasteiger partial charge is 0.496 e. The van der Waals surface area contributed by atoms with Crippen LogP contribution in [0.25, 0.3) is 0 Å². The average molecular weight is 250 g/mol. The van der Waals surface area contributed by atoms with E-state index in [0.717, 1.165) is 30.6 Å². The van der Waals surface area contributed by atoms with Crippen LogP contribution in [0, 0.1) is 0 Å². The molecule has 0 amide bonds. The van der Waals surface area contributed by atoms with Crippen LogP contribution in [0.1, 0.15) is 37.8 Å². The lowest BCUT2D eigenvalue weighted by Gasteiger charge is -2.29. The Morgan fingerprint density at radius 1 is 1.22 bits per heavy atom. The molecule has 0 radical (unpaired) electrons. The Morgan fingerprint density at radius 3 is 2.50 bits per heavy atom. The minimum Gasteiger partial charge on any atom is -0.496 e. The lowest BCUT2D eigenvalue weighted by molar-refractivity contribution is -0.171.